The number of aliphatic imine (C=N–C) groups is 1. The lowest BCUT2D eigenvalue weighted by Crippen LogP contribution is -2.29. The van der Waals surface area contributed by atoms with Crippen molar-refractivity contribution in [2.24, 2.45) is 4.99 Å². The second-order valence-corrected chi connectivity index (χ2v) is 6.26. The summed E-state index contributed by atoms with van der Waals surface area (Å²) in [6, 6.07) is 11.5. The highest BCUT2D eigenvalue weighted by molar-refractivity contribution is 8.18. The number of amides is 1. The van der Waals surface area contributed by atoms with Gasteiger partial charge in [-0.15, -0.1) is 6.58 Å². The third-order valence-electron chi connectivity index (χ3n) is 3.44. The number of pyridine rings is 1. The fraction of sp³-hybridized carbons (Fsp3) is 0.0556. The molecule has 0 N–H and O–H groups in total. The molecule has 0 atom stereocenters. The number of carbonyl (C=O) groups excluding carboxylic acids is 1. The highest BCUT2D eigenvalue weighted by Gasteiger charge is 2.32. The average molecular weight is 366 g/mol. The van der Waals surface area contributed by atoms with Crippen LogP contribution in [0.4, 0.5) is 11.5 Å². The van der Waals surface area contributed by atoms with Crippen LogP contribution in [-0.4, -0.2) is 32.4 Å². The van der Waals surface area contributed by atoms with Crippen molar-refractivity contribution >= 4 is 40.4 Å². The molecule has 8 heteroatoms. The normalized spacial score (nSPS) is 17.1. The number of carbonyl (C=O) groups is 1. The molecule has 0 bridgehead atoms. The summed E-state index contributed by atoms with van der Waals surface area (Å²) < 4.78 is 0. The molecule has 3 rings (SSSR count). The van der Waals surface area contributed by atoms with Gasteiger partial charge in [-0.1, -0.05) is 24.3 Å². The lowest BCUT2D eigenvalue weighted by atomic mass is 10.2. The first-order chi connectivity index (χ1) is 12.6. The zero-order chi connectivity index (χ0) is 18.5. The van der Waals surface area contributed by atoms with Gasteiger partial charge in [0.1, 0.15) is 0 Å². The monoisotopic (exact) mass is 366 g/mol. The van der Waals surface area contributed by atoms with Crippen LogP contribution in [0.25, 0.3) is 6.08 Å². The highest BCUT2D eigenvalue weighted by Crippen LogP contribution is 2.34. The molecule has 1 aliphatic heterocycles. The van der Waals surface area contributed by atoms with Crippen molar-refractivity contribution in [1.29, 1.82) is 0 Å². The second kappa shape index (κ2) is 7.75. The van der Waals surface area contributed by atoms with E-state index >= 15 is 0 Å². The number of nitro groups is 1. The van der Waals surface area contributed by atoms with Crippen LogP contribution in [-0.2, 0) is 4.79 Å². The zero-order valence-electron chi connectivity index (χ0n) is 13.6. The third kappa shape index (κ3) is 3.86. The van der Waals surface area contributed by atoms with Crippen molar-refractivity contribution < 1.29 is 9.72 Å². The molecule has 26 heavy (non-hydrogen) atoms. The minimum Gasteiger partial charge on any atom is -0.282 e. The molecule has 0 aliphatic carbocycles. The highest BCUT2D eigenvalue weighted by atomic mass is 32.2. The van der Waals surface area contributed by atoms with Gasteiger partial charge >= 0.3 is 0 Å². The Balaban J connectivity index is 1.95. The molecule has 0 saturated carbocycles. The van der Waals surface area contributed by atoms with Crippen LogP contribution >= 0.6 is 11.8 Å². The number of nitro benzene ring substituents is 1. The van der Waals surface area contributed by atoms with E-state index in [0.29, 0.717) is 28.0 Å². The van der Waals surface area contributed by atoms with Gasteiger partial charge in [0.2, 0.25) is 0 Å². The summed E-state index contributed by atoms with van der Waals surface area (Å²) in [5.41, 5.74) is 0.549. The van der Waals surface area contributed by atoms with Crippen molar-refractivity contribution in [3.05, 3.63) is 81.9 Å². The van der Waals surface area contributed by atoms with Gasteiger partial charge < -0.3 is 0 Å². The minimum absolute atomic E-state index is 0.0277. The molecule has 1 aliphatic rings. The first-order valence-corrected chi connectivity index (χ1v) is 8.46. The molecule has 1 amide bonds. The van der Waals surface area contributed by atoms with Gasteiger partial charge in [-0.05, 0) is 35.5 Å². The summed E-state index contributed by atoms with van der Waals surface area (Å²) in [4.78, 5) is 33.6. The Morgan fingerprint density at radius 2 is 2.15 bits per heavy atom. The Bertz CT molecular complexity index is 925. The van der Waals surface area contributed by atoms with E-state index in [1.807, 2.05) is 6.07 Å². The first-order valence-electron chi connectivity index (χ1n) is 7.65. The number of thioether (sulfide) groups is 1. The van der Waals surface area contributed by atoms with Crippen LogP contribution < -0.4 is 0 Å². The van der Waals surface area contributed by atoms with E-state index in [0.717, 1.165) is 0 Å². The molecule has 1 aromatic carbocycles. The number of nitrogens with zero attached hydrogens (tertiary/aromatic N) is 4. The van der Waals surface area contributed by atoms with Crippen LogP contribution in [0, 0.1) is 10.1 Å². The van der Waals surface area contributed by atoms with Crippen LogP contribution in [0.5, 0.6) is 0 Å². The molecular weight excluding hydrogens is 352 g/mol. The van der Waals surface area contributed by atoms with Gasteiger partial charge in [-0.3, -0.25) is 19.8 Å². The Morgan fingerprint density at radius 1 is 1.31 bits per heavy atom. The maximum atomic E-state index is 12.7. The maximum absolute atomic E-state index is 12.7. The lowest BCUT2D eigenvalue weighted by Gasteiger charge is -2.12. The fourth-order valence-electron chi connectivity index (χ4n) is 2.28. The number of hydrogen-bond acceptors (Lipinski definition) is 6. The van der Waals surface area contributed by atoms with Crippen molar-refractivity contribution in [2.75, 3.05) is 6.54 Å². The van der Waals surface area contributed by atoms with Crippen molar-refractivity contribution in [3.63, 3.8) is 0 Å². The second-order valence-electron chi connectivity index (χ2n) is 5.25. The third-order valence-corrected chi connectivity index (χ3v) is 4.44. The molecule has 130 valence electrons. The van der Waals surface area contributed by atoms with E-state index in [2.05, 4.69) is 16.6 Å². The maximum Gasteiger partial charge on any atom is 0.270 e. The Labute approximate surface area is 153 Å². The summed E-state index contributed by atoms with van der Waals surface area (Å²) in [5, 5.41) is 11.4. The van der Waals surface area contributed by atoms with E-state index < -0.39 is 4.92 Å². The Hall–Kier alpha value is -3.26. The number of rotatable bonds is 5. The first kappa shape index (κ1) is 17.6. The Morgan fingerprint density at radius 3 is 2.85 bits per heavy atom. The van der Waals surface area contributed by atoms with Gasteiger partial charge in [-0.2, -0.15) is 0 Å². The van der Waals surface area contributed by atoms with Crippen LogP contribution in [0.2, 0.25) is 0 Å². The molecule has 0 radical (unpaired) electrons. The largest absolute Gasteiger partial charge is 0.282 e. The van der Waals surface area contributed by atoms with E-state index in [9.17, 15) is 14.9 Å². The zero-order valence-corrected chi connectivity index (χ0v) is 14.4. The Kier molecular flexibility index (Phi) is 5.23. The van der Waals surface area contributed by atoms with Crippen molar-refractivity contribution in [2.45, 2.75) is 0 Å². The molecule has 2 heterocycles. The molecule has 1 fully saturated rings. The van der Waals surface area contributed by atoms with E-state index in [1.165, 1.54) is 28.8 Å². The van der Waals surface area contributed by atoms with Crippen LogP contribution in [0.15, 0.2) is 71.2 Å². The number of aromatic nitrogens is 1. The molecule has 1 saturated heterocycles. The van der Waals surface area contributed by atoms with Crippen molar-refractivity contribution in [1.82, 2.24) is 9.88 Å². The smallest absolute Gasteiger partial charge is 0.270 e. The van der Waals surface area contributed by atoms with Crippen LogP contribution in [0.3, 0.4) is 0 Å². The standard InChI is InChI=1S/C18H14N4O3S/c1-2-10-21-17(23)15(12-13-6-5-7-14(11-13)22(24)25)26-18(21)20-16-8-3-4-9-19-16/h2-9,11-12H,1,10H2/b15-12-,20-18+. The predicted molar refractivity (Wildman–Crippen MR) is 102 cm³/mol. The SMILES string of the molecule is C=CCN1C(=O)/C(=C/c2cccc([N+](=O)[O-])c2)S/C1=N/c1ccccn1. The summed E-state index contributed by atoms with van der Waals surface area (Å²) >= 11 is 1.20. The van der Waals surface area contributed by atoms with Gasteiger partial charge in [-0.25, -0.2) is 9.98 Å². The van der Waals surface area contributed by atoms with E-state index in [4.69, 9.17) is 0 Å². The molecule has 0 unspecified atom stereocenters. The number of non-ortho nitro benzene ring substituents is 1. The average Bonchev–Trinajstić information content (AvgIpc) is 2.92. The lowest BCUT2D eigenvalue weighted by molar-refractivity contribution is -0.384. The quantitative estimate of drug-likeness (QED) is 0.348. The van der Waals surface area contributed by atoms with E-state index in [-0.39, 0.29) is 11.6 Å². The van der Waals surface area contributed by atoms with Gasteiger partial charge in [0.25, 0.3) is 11.6 Å². The topological polar surface area (TPSA) is 88.7 Å². The minimum atomic E-state index is -0.469. The van der Waals surface area contributed by atoms with Gasteiger partial charge in [0.05, 0.1) is 9.83 Å². The summed E-state index contributed by atoms with van der Waals surface area (Å²) in [7, 11) is 0. The van der Waals surface area contributed by atoms with Crippen molar-refractivity contribution in [3.8, 4) is 0 Å². The molecule has 7 nitrogen and oxygen atoms in total. The number of benzene rings is 1. The van der Waals surface area contributed by atoms with E-state index in [1.54, 1.807) is 42.6 Å². The fourth-order valence-corrected chi connectivity index (χ4v) is 3.27. The van der Waals surface area contributed by atoms with Gasteiger partial charge in [0, 0.05) is 24.9 Å². The summed E-state index contributed by atoms with van der Waals surface area (Å²) in [5.74, 6) is 0.268. The number of amidine groups is 1. The number of hydrogen-bond donors (Lipinski definition) is 0. The van der Waals surface area contributed by atoms with Gasteiger partial charge in [0.15, 0.2) is 11.0 Å². The predicted octanol–water partition coefficient (Wildman–Crippen LogP) is 3.78. The molecule has 2 aromatic rings. The molecular formula is C18H14N4O3S. The van der Waals surface area contributed by atoms with Crippen LogP contribution in [0.1, 0.15) is 5.56 Å². The molecule has 1 aromatic heterocycles. The molecule has 0 spiro atoms. The summed E-state index contributed by atoms with van der Waals surface area (Å²) in [6.07, 6.45) is 4.86. The summed E-state index contributed by atoms with van der Waals surface area (Å²) in [6.45, 7) is 3.98.